The Morgan fingerprint density at radius 3 is 2.50 bits per heavy atom. The average Bonchev–Trinajstić information content (AvgIpc) is 2.60. The van der Waals surface area contributed by atoms with E-state index in [1.54, 1.807) is 30.3 Å². The van der Waals surface area contributed by atoms with E-state index in [9.17, 15) is 9.59 Å². The number of amides is 1. The molecule has 6 nitrogen and oxygen atoms in total. The summed E-state index contributed by atoms with van der Waals surface area (Å²) in [4.78, 5) is 23.0. The lowest BCUT2D eigenvalue weighted by atomic mass is 10.2. The van der Waals surface area contributed by atoms with Crippen LogP contribution in [0.5, 0.6) is 17.2 Å². The highest BCUT2D eigenvalue weighted by atomic mass is 35.5. The first-order valence-electron chi connectivity index (χ1n) is 6.97. The number of nitrogens with one attached hydrogen (secondary N) is 1. The smallest absolute Gasteiger partial charge is 0.262 e. The van der Waals surface area contributed by atoms with Gasteiger partial charge >= 0.3 is 0 Å². The number of rotatable bonds is 7. The molecule has 0 saturated carbocycles. The third-order valence-electron chi connectivity index (χ3n) is 3.15. The van der Waals surface area contributed by atoms with Gasteiger partial charge in [0.15, 0.2) is 12.9 Å². The van der Waals surface area contributed by atoms with Crippen LogP contribution in [-0.4, -0.2) is 33.0 Å². The molecular weight excluding hydrogens is 334 g/mol. The normalized spacial score (nSPS) is 9.96. The summed E-state index contributed by atoms with van der Waals surface area (Å²) in [6, 6.07) is 9.73. The molecule has 24 heavy (non-hydrogen) atoms. The predicted octanol–water partition coefficient (Wildman–Crippen LogP) is 3.19. The minimum absolute atomic E-state index is 0.266. The molecule has 1 N–H and O–H groups in total. The Hall–Kier alpha value is -2.73. The molecule has 0 aliphatic carbocycles. The lowest BCUT2D eigenvalue weighted by Gasteiger charge is -2.13. The molecule has 0 fully saturated rings. The predicted molar refractivity (Wildman–Crippen MR) is 90.5 cm³/mol. The first-order valence-corrected chi connectivity index (χ1v) is 7.35. The Balaban J connectivity index is 2.07. The van der Waals surface area contributed by atoms with E-state index in [0.29, 0.717) is 39.8 Å². The van der Waals surface area contributed by atoms with Crippen LogP contribution in [-0.2, 0) is 4.79 Å². The molecule has 0 saturated heterocycles. The molecule has 2 rings (SSSR count). The Morgan fingerprint density at radius 2 is 1.83 bits per heavy atom. The summed E-state index contributed by atoms with van der Waals surface area (Å²) < 4.78 is 15.7. The maximum Gasteiger partial charge on any atom is 0.262 e. The topological polar surface area (TPSA) is 73.9 Å². The number of methoxy groups -OCH3 is 2. The summed E-state index contributed by atoms with van der Waals surface area (Å²) in [5, 5.41) is 2.98. The van der Waals surface area contributed by atoms with Crippen molar-refractivity contribution in [2.45, 2.75) is 0 Å². The number of anilines is 1. The van der Waals surface area contributed by atoms with Crippen LogP contribution >= 0.6 is 11.6 Å². The van der Waals surface area contributed by atoms with E-state index >= 15 is 0 Å². The summed E-state index contributed by atoms with van der Waals surface area (Å²) in [5.74, 6) is 0.748. The van der Waals surface area contributed by atoms with Crippen molar-refractivity contribution in [2.75, 3.05) is 26.1 Å². The van der Waals surface area contributed by atoms with Gasteiger partial charge in [-0.15, -0.1) is 0 Å². The third kappa shape index (κ3) is 4.17. The molecular formula is C17H16ClNO5. The second kappa shape index (κ2) is 8.21. The Kier molecular flexibility index (Phi) is 6.03. The van der Waals surface area contributed by atoms with Gasteiger partial charge in [-0.1, -0.05) is 23.7 Å². The summed E-state index contributed by atoms with van der Waals surface area (Å²) in [6.07, 6.45) is 0.666. The number of benzene rings is 2. The lowest BCUT2D eigenvalue weighted by Crippen LogP contribution is -2.21. The van der Waals surface area contributed by atoms with Crippen molar-refractivity contribution >= 4 is 29.5 Å². The van der Waals surface area contributed by atoms with E-state index in [0.717, 1.165) is 0 Å². The van der Waals surface area contributed by atoms with Crippen LogP contribution < -0.4 is 19.5 Å². The Labute approximate surface area is 144 Å². The largest absolute Gasteiger partial charge is 0.495 e. The fourth-order valence-corrected chi connectivity index (χ4v) is 2.24. The molecule has 0 bridgehead atoms. The van der Waals surface area contributed by atoms with Crippen LogP contribution in [0, 0.1) is 0 Å². The zero-order chi connectivity index (χ0) is 17.5. The first kappa shape index (κ1) is 17.6. The van der Waals surface area contributed by atoms with E-state index in [4.69, 9.17) is 25.8 Å². The summed E-state index contributed by atoms with van der Waals surface area (Å²) in [6.45, 7) is -0.266. The number of hydrogen-bond acceptors (Lipinski definition) is 5. The molecule has 1 amide bonds. The number of carbonyl (C=O) groups excluding carboxylic acids is 2. The number of para-hydroxylation sites is 1. The highest BCUT2D eigenvalue weighted by Crippen LogP contribution is 2.35. The third-order valence-corrected chi connectivity index (χ3v) is 3.45. The van der Waals surface area contributed by atoms with Gasteiger partial charge in [0.25, 0.3) is 5.91 Å². The number of ether oxygens (including phenoxy) is 3. The van der Waals surface area contributed by atoms with E-state index in [1.807, 2.05) is 0 Å². The van der Waals surface area contributed by atoms with Crippen molar-refractivity contribution in [3.63, 3.8) is 0 Å². The van der Waals surface area contributed by atoms with Gasteiger partial charge in [-0.05, 0) is 18.2 Å². The number of carbonyl (C=O) groups is 2. The zero-order valence-corrected chi connectivity index (χ0v) is 13.9. The molecule has 0 aliphatic heterocycles. The highest BCUT2D eigenvalue weighted by Gasteiger charge is 2.13. The second-order valence-corrected chi connectivity index (χ2v) is 5.09. The highest BCUT2D eigenvalue weighted by molar-refractivity contribution is 6.32. The molecule has 0 unspecified atom stereocenters. The Bertz CT molecular complexity index is 748. The number of aldehydes is 1. The quantitative estimate of drug-likeness (QED) is 0.777. The molecule has 0 heterocycles. The van der Waals surface area contributed by atoms with Crippen LogP contribution in [0.4, 0.5) is 5.69 Å². The van der Waals surface area contributed by atoms with E-state index in [2.05, 4.69) is 5.32 Å². The average molecular weight is 350 g/mol. The van der Waals surface area contributed by atoms with Crippen LogP contribution in [0.25, 0.3) is 0 Å². The molecule has 0 aliphatic rings. The summed E-state index contributed by atoms with van der Waals surface area (Å²) >= 11 is 6.05. The van der Waals surface area contributed by atoms with Crippen molar-refractivity contribution in [1.29, 1.82) is 0 Å². The molecule has 7 heteroatoms. The van der Waals surface area contributed by atoms with Crippen LogP contribution in [0.15, 0.2) is 36.4 Å². The van der Waals surface area contributed by atoms with Gasteiger partial charge in [-0.25, -0.2) is 0 Å². The molecule has 2 aromatic rings. The zero-order valence-electron chi connectivity index (χ0n) is 13.2. The van der Waals surface area contributed by atoms with Crippen molar-refractivity contribution in [1.82, 2.24) is 0 Å². The lowest BCUT2D eigenvalue weighted by molar-refractivity contribution is -0.118. The molecule has 126 valence electrons. The van der Waals surface area contributed by atoms with Gasteiger partial charge in [0.2, 0.25) is 0 Å². The van der Waals surface area contributed by atoms with Crippen molar-refractivity contribution < 1.29 is 23.8 Å². The van der Waals surface area contributed by atoms with Gasteiger partial charge in [0, 0.05) is 6.07 Å². The Morgan fingerprint density at radius 1 is 1.12 bits per heavy atom. The first-order chi connectivity index (χ1) is 11.6. The van der Waals surface area contributed by atoms with Gasteiger partial charge < -0.3 is 19.5 Å². The fraction of sp³-hybridized carbons (Fsp3) is 0.176. The van der Waals surface area contributed by atoms with Crippen molar-refractivity contribution in [3.8, 4) is 17.2 Å². The summed E-state index contributed by atoms with van der Waals surface area (Å²) in [7, 11) is 2.95. The van der Waals surface area contributed by atoms with E-state index < -0.39 is 5.91 Å². The SMILES string of the molecule is COc1cc(OC)c(NC(=O)COc2ccccc2C=O)cc1Cl. The maximum atomic E-state index is 12.1. The maximum absolute atomic E-state index is 12.1. The molecule has 0 radical (unpaired) electrons. The van der Waals surface area contributed by atoms with Gasteiger partial charge in [-0.2, -0.15) is 0 Å². The van der Waals surface area contributed by atoms with E-state index in [-0.39, 0.29) is 6.61 Å². The minimum Gasteiger partial charge on any atom is -0.495 e. The molecule has 0 atom stereocenters. The van der Waals surface area contributed by atoms with Crippen molar-refractivity contribution in [3.05, 3.63) is 47.0 Å². The van der Waals surface area contributed by atoms with Crippen molar-refractivity contribution in [2.24, 2.45) is 0 Å². The summed E-state index contributed by atoms with van der Waals surface area (Å²) in [5.41, 5.74) is 0.760. The molecule has 0 spiro atoms. The van der Waals surface area contributed by atoms with E-state index in [1.165, 1.54) is 20.3 Å². The van der Waals surface area contributed by atoms with Gasteiger partial charge in [0.1, 0.15) is 17.2 Å². The van der Waals surface area contributed by atoms with Gasteiger partial charge in [-0.3, -0.25) is 9.59 Å². The van der Waals surface area contributed by atoms with Crippen LogP contribution in [0.2, 0.25) is 5.02 Å². The minimum atomic E-state index is -0.421. The second-order valence-electron chi connectivity index (χ2n) is 4.68. The van der Waals surface area contributed by atoms with Crippen LogP contribution in [0.1, 0.15) is 10.4 Å². The number of hydrogen-bond donors (Lipinski definition) is 1. The fourth-order valence-electron chi connectivity index (χ4n) is 2.00. The molecule has 2 aromatic carbocycles. The number of halogens is 1. The van der Waals surface area contributed by atoms with Crippen LogP contribution in [0.3, 0.4) is 0 Å². The standard InChI is InChI=1S/C17H16ClNO5/c1-22-15-8-16(23-2)13(7-12(15)18)19-17(21)10-24-14-6-4-3-5-11(14)9-20/h3-9H,10H2,1-2H3,(H,19,21). The van der Waals surface area contributed by atoms with Gasteiger partial charge in [0.05, 0.1) is 30.5 Å². The monoisotopic (exact) mass is 349 g/mol. The molecule has 0 aromatic heterocycles.